The number of thiophene rings is 1. The van der Waals surface area contributed by atoms with Gasteiger partial charge >= 0.3 is 5.97 Å². The standard InChI is InChI=1S/C16H16N2O3S/c1-10-11(4-5-12(18-10)13-3-2-8-22-13)14(19)17-9-16(6-7-16)15(20)21/h2-5,8H,6-7,9H2,1H3,(H,17,19)(H,20,21). The number of rotatable bonds is 5. The van der Waals surface area contributed by atoms with E-state index in [1.807, 2.05) is 23.6 Å². The molecule has 22 heavy (non-hydrogen) atoms. The van der Waals surface area contributed by atoms with Crippen LogP contribution in [0, 0.1) is 12.3 Å². The van der Waals surface area contributed by atoms with Gasteiger partial charge in [-0.05, 0) is 43.3 Å². The van der Waals surface area contributed by atoms with Crippen molar-refractivity contribution in [2.24, 2.45) is 5.41 Å². The number of aliphatic carboxylic acids is 1. The zero-order valence-corrected chi connectivity index (χ0v) is 12.9. The topological polar surface area (TPSA) is 79.3 Å². The van der Waals surface area contributed by atoms with Crippen LogP contribution in [-0.2, 0) is 4.79 Å². The second kappa shape index (κ2) is 5.53. The lowest BCUT2D eigenvalue weighted by Crippen LogP contribution is -2.34. The minimum absolute atomic E-state index is 0.174. The van der Waals surface area contributed by atoms with Gasteiger partial charge in [0.1, 0.15) is 0 Å². The van der Waals surface area contributed by atoms with Crippen LogP contribution < -0.4 is 5.32 Å². The number of hydrogen-bond acceptors (Lipinski definition) is 4. The van der Waals surface area contributed by atoms with E-state index in [2.05, 4.69) is 10.3 Å². The number of pyridine rings is 1. The van der Waals surface area contributed by atoms with E-state index in [0.717, 1.165) is 10.6 Å². The first kappa shape index (κ1) is 14.7. The lowest BCUT2D eigenvalue weighted by molar-refractivity contribution is -0.143. The molecule has 114 valence electrons. The number of aromatic nitrogens is 1. The Labute approximate surface area is 132 Å². The normalized spacial score (nSPS) is 15.3. The summed E-state index contributed by atoms with van der Waals surface area (Å²) in [5, 5.41) is 13.8. The minimum atomic E-state index is -0.837. The van der Waals surface area contributed by atoms with E-state index in [4.69, 9.17) is 5.11 Å². The average Bonchev–Trinajstić information content (AvgIpc) is 3.09. The van der Waals surface area contributed by atoms with Crippen LogP contribution in [0.15, 0.2) is 29.6 Å². The number of carbonyl (C=O) groups is 2. The fourth-order valence-corrected chi connectivity index (χ4v) is 3.02. The fraction of sp³-hybridized carbons (Fsp3) is 0.312. The maximum absolute atomic E-state index is 12.2. The minimum Gasteiger partial charge on any atom is -0.481 e. The smallest absolute Gasteiger partial charge is 0.311 e. The first-order chi connectivity index (χ1) is 10.5. The first-order valence-corrected chi connectivity index (χ1v) is 7.93. The van der Waals surface area contributed by atoms with Crippen molar-refractivity contribution in [2.45, 2.75) is 19.8 Å². The SMILES string of the molecule is Cc1nc(-c2cccs2)ccc1C(=O)NCC1(C(=O)O)CC1. The van der Waals surface area contributed by atoms with Crippen molar-refractivity contribution in [2.75, 3.05) is 6.54 Å². The zero-order chi connectivity index (χ0) is 15.7. The molecule has 0 radical (unpaired) electrons. The van der Waals surface area contributed by atoms with Crippen molar-refractivity contribution < 1.29 is 14.7 Å². The highest BCUT2D eigenvalue weighted by Crippen LogP contribution is 2.45. The summed E-state index contributed by atoms with van der Waals surface area (Å²) in [4.78, 5) is 28.9. The summed E-state index contributed by atoms with van der Waals surface area (Å²) < 4.78 is 0. The monoisotopic (exact) mass is 316 g/mol. The highest BCUT2D eigenvalue weighted by atomic mass is 32.1. The number of carbonyl (C=O) groups excluding carboxylic acids is 1. The Hall–Kier alpha value is -2.21. The van der Waals surface area contributed by atoms with Gasteiger partial charge in [0, 0.05) is 6.54 Å². The van der Waals surface area contributed by atoms with E-state index in [9.17, 15) is 9.59 Å². The van der Waals surface area contributed by atoms with Crippen molar-refractivity contribution in [3.8, 4) is 10.6 Å². The zero-order valence-electron chi connectivity index (χ0n) is 12.1. The van der Waals surface area contributed by atoms with Crippen molar-refractivity contribution in [3.63, 3.8) is 0 Å². The maximum atomic E-state index is 12.2. The molecule has 1 fully saturated rings. The molecule has 1 aliphatic rings. The van der Waals surface area contributed by atoms with Gasteiger partial charge in [0.15, 0.2) is 0 Å². The van der Waals surface area contributed by atoms with Gasteiger partial charge in [-0.25, -0.2) is 0 Å². The van der Waals surface area contributed by atoms with Gasteiger partial charge in [-0.3, -0.25) is 14.6 Å². The van der Waals surface area contributed by atoms with Gasteiger partial charge < -0.3 is 10.4 Å². The first-order valence-electron chi connectivity index (χ1n) is 7.05. The van der Waals surface area contributed by atoms with Gasteiger partial charge in [-0.15, -0.1) is 11.3 Å². The van der Waals surface area contributed by atoms with Crippen LogP contribution in [0.4, 0.5) is 0 Å². The lowest BCUT2D eigenvalue weighted by Gasteiger charge is -2.12. The van der Waals surface area contributed by atoms with Crippen LogP contribution >= 0.6 is 11.3 Å². The molecule has 1 amide bonds. The maximum Gasteiger partial charge on any atom is 0.311 e. The second-order valence-electron chi connectivity index (χ2n) is 5.57. The summed E-state index contributed by atoms with van der Waals surface area (Å²) in [7, 11) is 0. The molecule has 2 aromatic heterocycles. The molecule has 1 aliphatic carbocycles. The van der Waals surface area contributed by atoms with E-state index >= 15 is 0 Å². The number of aryl methyl sites for hydroxylation is 1. The highest BCUT2D eigenvalue weighted by Gasteiger charge is 2.50. The number of amides is 1. The largest absolute Gasteiger partial charge is 0.481 e. The Bertz CT molecular complexity index is 721. The Morgan fingerprint density at radius 2 is 2.14 bits per heavy atom. The van der Waals surface area contributed by atoms with E-state index in [0.29, 0.717) is 24.1 Å². The van der Waals surface area contributed by atoms with E-state index in [-0.39, 0.29) is 12.5 Å². The molecule has 2 aromatic rings. The highest BCUT2D eigenvalue weighted by molar-refractivity contribution is 7.13. The van der Waals surface area contributed by atoms with E-state index in [1.165, 1.54) is 0 Å². The lowest BCUT2D eigenvalue weighted by atomic mass is 10.1. The molecule has 1 saturated carbocycles. The van der Waals surface area contributed by atoms with Gasteiger partial charge in [0.25, 0.3) is 5.91 Å². The number of hydrogen-bond donors (Lipinski definition) is 2. The summed E-state index contributed by atoms with van der Waals surface area (Å²) in [6.45, 7) is 1.96. The molecule has 0 bridgehead atoms. The molecule has 0 aliphatic heterocycles. The van der Waals surface area contributed by atoms with Crippen molar-refractivity contribution >= 4 is 23.2 Å². The molecule has 6 heteroatoms. The Balaban J connectivity index is 1.72. The molecule has 2 heterocycles. The third kappa shape index (κ3) is 2.74. The van der Waals surface area contributed by atoms with Crippen molar-refractivity contribution in [3.05, 3.63) is 40.9 Å². The summed E-state index contributed by atoms with van der Waals surface area (Å²) >= 11 is 1.60. The third-order valence-corrected chi connectivity index (χ3v) is 4.89. The molecule has 0 saturated heterocycles. The average molecular weight is 316 g/mol. The third-order valence-electron chi connectivity index (χ3n) is 4.00. The van der Waals surface area contributed by atoms with Crippen molar-refractivity contribution in [1.29, 1.82) is 0 Å². The summed E-state index contributed by atoms with van der Waals surface area (Å²) in [6, 6.07) is 7.50. The van der Waals surface area contributed by atoms with Gasteiger partial charge in [0.2, 0.25) is 0 Å². The molecule has 0 atom stereocenters. The molecule has 0 spiro atoms. The Morgan fingerprint density at radius 3 is 2.68 bits per heavy atom. The summed E-state index contributed by atoms with van der Waals surface area (Å²) in [5.74, 6) is -1.11. The van der Waals surface area contributed by atoms with Gasteiger partial charge in [-0.1, -0.05) is 6.07 Å². The number of nitrogens with one attached hydrogen (secondary N) is 1. The number of carboxylic acid groups (broad SMARTS) is 1. The number of carboxylic acids is 1. The van der Waals surface area contributed by atoms with Crippen LogP contribution in [0.2, 0.25) is 0 Å². The van der Waals surface area contributed by atoms with Gasteiger partial charge in [0.05, 0.1) is 27.2 Å². The molecule has 0 unspecified atom stereocenters. The molecular weight excluding hydrogens is 300 g/mol. The Morgan fingerprint density at radius 1 is 1.36 bits per heavy atom. The molecule has 2 N–H and O–H groups in total. The summed E-state index contributed by atoms with van der Waals surface area (Å²) in [6.07, 6.45) is 1.24. The van der Waals surface area contributed by atoms with Crippen molar-refractivity contribution in [1.82, 2.24) is 10.3 Å². The van der Waals surface area contributed by atoms with Crippen LogP contribution in [0.3, 0.4) is 0 Å². The predicted octanol–water partition coefficient (Wildman–Crippen LogP) is 2.71. The molecule has 5 nitrogen and oxygen atoms in total. The molecular formula is C16H16N2O3S. The van der Waals surface area contributed by atoms with Crippen LogP contribution in [0.1, 0.15) is 28.9 Å². The second-order valence-corrected chi connectivity index (χ2v) is 6.52. The summed E-state index contributed by atoms with van der Waals surface area (Å²) in [5.41, 5.74) is 1.21. The van der Waals surface area contributed by atoms with Crippen LogP contribution in [0.5, 0.6) is 0 Å². The number of nitrogens with zero attached hydrogens (tertiary/aromatic N) is 1. The van der Waals surface area contributed by atoms with E-state index in [1.54, 1.807) is 24.3 Å². The van der Waals surface area contributed by atoms with Crippen LogP contribution in [0.25, 0.3) is 10.6 Å². The van der Waals surface area contributed by atoms with Gasteiger partial charge in [-0.2, -0.15) is 0 Å². The predicted molar refractivity (Wildman–Crippen MR) is 83.9 cm³/mol. The van der Waals surface area contributed by atoms with Crippen LogP contribution in [-0.4, -0.2) is 28.5 Å². The molecule has 0 aromatic carbocycles. The van der Waals surface area contributed by atoms with E-state index < -0.39 is 11.4 Å². The quantitative estimate of drug-likeness (QED) is 0.889. The Kier molecular flexibility index (Phi) is 3.70. The fourth-order valence-electron chi connectivity index (χ4n) is 2.32. The molecule has 3 rings (SSSR count).